The van der Waals surface area contributed by atoms with Crippen LogP contribution in [-0.4, -0.2) is 81.5 Å². The standard InChI is InChI=1S/C21H32N8O4S/c1-32-17-12-15(28-8-10-33-11-9-28)5-6-16(17)25-21-26-19(23)18(22)20(27-21)24-14-4-3-7-29(13-14)34(2,30)31/h5-6,12,14H,3-4,7-11,13,22H2,1-2H3,(H4,23,24,25,26,27). The Kier molecular flexibility index (Phi) is 7.14. The molecule has 34 heavy (non-hydrogen) atoms. The zero-order valence-corrected chi connectivity index (χ0v) is 20.3. The highest BCUT2D eigenvalue weighted by atomic mass is 32.2. The molecule has 4 rings (SSSR count). The van der Waals surface area contributed by atoms with Crippen molar-refractivity contribution in [3.63, 3.8) is 0 Å². The molecule has 186 valence electrons. The minimum atomic E-state index is -3.27. The van der Waals surface area contributed by atoms with Gasteiger partial charge in [0.1, 0.15) is 11.4 Å². The van der Waals surface area contributed by atoms with Crippen LogP contribution in [0.4, 0.5) is 34.6 Å². The highest BCUT2D eigenvalue weighted by Gasteiger charge is 2.27. The molecule has 0 radical (unpaired) electrons. The van der Waals surface area contributed by atoms with E-state index in [1.807, 2.05) is 18.2 Å². The maximum atomic E-state index is 11.9. The van der Waals surface area contributed by atoms with Gasteiger partial charge in [-0.2, -0.15) is 9.97 Å². The number of sulfonamides is 1. The van der Waals surface area contributed by atoms with E-state index in [-0.39, 0.29) is 23.5 Å². The van der Waals surface area contributed by atoms with Crippen LogP contribution in [0.1, 0.15) is 12.8 Å². The first-order valence-corrected chi connectivity index (χ1v) is 13.0. The first kappa shape index (κ1) is 24.1. The van der Waals surface area contributed by atoms with Crippen molar-refractivity contribution in [2.24, 2.45) is 0 Å². The fourth-order valence-electron chi connectivity index (χ4n) is 4.13. The summed E-state index contributed by atoms with van der Waals surface area (Å²) in [5.41, 5.74) is 14.1. The number of benzene rings is 1. The van der Waals surface area contributed by atoms with Crippen molar-refractivity contribution < 1.29 is 17.9 Å². The zero-order valence-electron chi connectivity index (χ0n) is 19.5. The maximum Gasteiger partial charge on any atom is 0.231 e. The zero-order chi connectivity index (χ0) is 24.3. The summed E-state index contributed by atoms with van der Waals surface area (Å²) in [6, 6.07) is 5.71. The van der Waals surface area contributed by atoms with Crippen molar-refractivity contribution in [2.75, 3.05) is 79.8 Å². The summed E-state index contributed by atoms with van der Waals surface area (Å²) in [7, 11) is -1.67. The van der Waals surface area contributed by atoms with Gasteiger partial charge in [0.05, 0.1) is 32.3 Å². The van der Waals surface area contributed by atoms with Gasteiger partial charge in [0.15, 0.2) is 11.6 Å². The summed E-state index contributed by atoms with van der Waals surface area (Å²) in [5.74, 6) is 1.37. The number of nitrogens with one attached hydrogen (secondary N) is 2. The molecular formula is C21H32N8O4S. The molecule has 2 aliphatic heterocycles. The third-order valence-corrected chi connectivity index (χ3v) is 7.25. The SMILES string of the molecule is COc1cc(N2CCOCC2)ccc1Nc1nc(N)c(N)c(NC2CCCN(S(C)(=O)=O)C2)n1. The van der Waals surface area contributed by atoms with Gasteiger partial charge in [-0.05, 0) is 25.0 Å². The molecule has 0 spiro atoms. The first-order chi connectivity index (χ1) is 16.2. The van der Waals surface area contributed by atoms with Gasteiger partial charge in [-0.15, -0.1) is 0 Å². The average molecular weight is 493 g/mol. The van der Waals surface area contributed by atoms with E-state index in [9.17, 15) is 8.42 Å². The summed E-state index contributed by atoms with van der Waals surface area (Å²) in [6.07, 6.45) is 2.74. The highest BCUT2D eigenvalue weighted by Crippen LogP contribution is 2.33. The van der Waals surface area contributed by atoms with E-state index < -0.39 is 10.0 Å². The second-order valence-electron chi connectivity index (χ2n) is 8.41. The Morgan fingerprint density at radius 1 is 1.18 bits per heavy atom. The number of piperidine rings is 1. The van der Waals surface area contributed by atoms with Crippen LogP contribution in [0.15, 0.2) is 18.2 Å². The van der Waals surface area contributed by atoms with Crippen molar-refractivity contribution in [1.29, 1.82) is 0 Å². The number of hydrogen-bond donors (Lipinski definition) is 4. The molecule has 3 heterocycles. The molecule has 1 aromatic heterocycles. The molecule has 12 nitrogen and oxygen atoms in total. The Morgan fingerprint density at radius 3 is 2.65 bits per heavy atom. The normalized spacial score (nSPS) is 19.6. The van der Waals surface area contributed by atoms with Crippen LogP contribution in [0.5, 0.6) is 5.75 Å². The predicted octanol–water partition coefficient (Wildman–Crippen LogP) is 1.07. The fourth-order valence-corrected chi connectivity index (χ4v) is 5.04. The third kappa shape index (κ3) is 5.54. The highest BCUT2D eigenvalue weighted by molar-refractivity contribution is 7.88. The van der Waals surface area contributed by atoms with Crippen LogP contribution in [0.3, 0.4) is 0 Å². The molecule has 6 N–H and O–H groups in total. The number of anilines is 6. The summed E-state index contributed by atoms with van der Waals surface area (Å²) >= 11 is 0. The second kappa shape index (κ2) is 10.1. The largest absolute Gasteiger partial charge is 0.494 e. The van der Waals surface area contributed by atoms with Crippen molar-refractivity contribution in [3.05, 3.63) is 18.2 Å². The van der Waals surface area contributed by atoms with Crippen molar-refractivity contribution in [2.45, 2.75) is 18.9 Å². The van der Waals surface area contributed by atoms with E-state index in [0.717, 1.165) is 31.6 Å². The van der Waals surface area contributed by atoms with Crippen LogP contribution < -0.4 is 31.7 Å². The number of ether oxygens (including phenoxy) is 2. The quantitative estimate of drug-likeness (QED) is 0.437. The Balaban J connectivity index is 1.53. The van der Waals surface area contributed by atoms with Crippen LogP contribution in [0.25, 0.3) is 0 Å². The number of nitrogen functional groups attached to an aromatic ring is 2. The molecule has 0 aliphatic carbocycles. The van der Waals surface area contributed by atoms with Crippen LogP contribution in [0.2, 0.25) is 0 Å². The molecule has 2 aliphatic rings. The fraction of sp³-hybridized carbons (Fsp3) is 0.524. The summed E-state index contributed by atoms with van der Waals surface area (Å²) in [4.78, 5) is 11.0. The van der Waals surface area contributed by atoms with Gasteiger partial charge in [0.2, 0.25) is 16.0 Å². The van der Waals surface area contributed by atoms with Gasteiger partial charge in [-0.1, -0.05) is 0 Å². The Hall–Kier alpha value is -3.03. The monoisotopic (exact) mass is 492 g/mol. The summed E-state index contributed by atoms with van der Waals surface area (Å²) in [5, 5.41) is 6.41. The molecule has 0 amide bonds. The predicted molar refractivity (Wildman–Crippen MR) is 133 cm³/mol. The number of nitrogens with zero attached hydrogens (tertiary/aromatic N) is 4. The number of methoxy groups -OCH3 is 1. The number of nitrogens with two attached hydrogens (primary N) is 2. The minimum Gasteiger partial charge on any atom is -0.494 e. The smallest absolute Gasteiger partial charge is 0.231 e. The summed E-state index contributed by atoms with van der Waals surface area (Å²) in [6.45, 7) is 3.87. The lowest BCUT2D eigenvalue weighted by atomic mass is 10.1. The summed E-state index contributed by atoms with van der Waals surface area (Å²) < 4.78 is 36.4. The molecule has 2 saturated heterocycles. The molecule has 2 aromatic rings. The van der Waals surface area contributed by atoms with Crippen LogP contribution in [0, 0.1) is 0 Å². The molecule has 2 fully saturated rings. The van der Waals surface area contributed by atoms with Gasteiger partial charge in [0, 0.05) is 44.0 Å². The lowest BCUT2D eigenvalue weighted by molar-refractivity contribution is 0.122. The van der Waals surface area contributed by atoms with E-state index in [2.05, 4.69) is 25.5 Å². The Bertz CT molecular complexity index is 1120. The van der Waals surface area contributed by atoms with Crippen LogP contribution >= 0.6 is 0 Å². The van der Waals surface area contributed by atoms with Crippen LogP contribution in [-0.2, 0) is 14.8 Å². The lowest BCUT2D eigenvalue weighted by Crippen LogP contribution is -2.44. The van der Waals surface area contributed by atoms with Crippen molar-refractivity contribution in [1.82, 2.24) is 14.3 Å². The van der Waals surface area contributed by atoms with Gasteiger partial charge in [0.25, 0.3) is 0 Å². The van der Waals surface area contributed by atoms with Crippen molar-refractivity contribution >= 4 is 44.7 Å². The van der Waals surface area contributed by atoms with E-state index in [0.29, 0.717) is 43.6 Å². The molecule has 0 bridgehead atoms. The van der Waals surface area contributed by atoms with E-state index in [1.54, 1.807) is 7.11 Å². The van der Waals surface area contributed by atoms with E-state index in [1.165, 1.54) is 10.6 Å². The minimum absolute atomic E-state index is 0.125. The first-order valence-electron chi connectivity index (χ1n) is 11.2. The molecule has 1 aromatic carbocycles. The van der Waals surface area contributed by atoms with Gasteiger partial charge in [-0.25, -0.2) is 12.7 Å². The molecule has 1 unspecified atom stereocenters. The third-order valence-electron chi connectivity index (χ3n) is 5.98. The molecular weight excluding hydrogens is 460 g/mol. The molecule has 1 atom stereocenters. The van der Waals surface area contributed by atoms with Gasteiger partial charge < -0.3 is 36.5 Å². The number of aromatic nitrogens is 2. The Labute approximate surface area is 199 Å². The van der Waals surface area contributed by atoms with Gasteiger partial charge in [-0.3, -0.25) is 0 Å². The van der Waals surface area contributed by atoms with Gasteiger partial charge >= 0.3 is 0 Å². The lowest BCUT2D eigenvalue weighted by Gasteiger charge is -2.32. The number of morpholine rings is 1. The maximum absolute atomic E-state index is 11.9. The average Bonchev–Trinajstić information content (AvgIpc) is 2.82. The second-order valence-corrected chi connectivity index (χ2v) is 10.4. The van der Waals surface area contributed by atoms with E-state index >= 15 is 0 Å². The Morgan fingerprint density at radius 2 is 1.94 bits per heavy atom. The molecule has 0 saturated carbocycles. The van der Waals surface area contributed by atoms with Crippen molar-refractivity contribution in [3.8, 4) is 5.75 Å². The molecule has 13 heteroatoms. The number of hydrogen-bond acceptors (Lipinski definition) is 11. The topological polar surface area (TPSA) is 161 Å². The van der Waals surface area contributed by atoms with E-state index in [4.69, 9.17) is 20.9 Å². The number of rotatable bonds is 7.